The van der Waals surface area contributed by atoms with E-state index >= 15 is 0 Å². The molecule has 0 saturated heterocycles. The van der Waals surface area contributed by atoms with Gasteiger partial charge in [-0.3, -0.25) is 14.6 Å². The highest BCUT2D eigenvalue weighted by Gasteiger charge is 2.08. The Morgan fingerprint density at radius 2 is 1.91 bits per heavy atom. The second-order valence-corrected chi connectivity index (χ2v) is 4.66. The lowest BCUT2D eigenvalue weighted by Gasteiger charge is -2.06. The molecule has 108 valence electrons. The molecule has 3 aromatic rings. The molecule has 2 heterocycles. The van der Waals surface area contributed by atoms with Crippen LogP contribution in [0.25, 0.3) is 10.9 Å². The molecule has 0 saturated carbocycles. The fraction of sp³-hybridized carbons (Fsp3) is 0. The van der Waals surface area contributed by atoms with Crippen LogP contribution in [0.2, 0.25) is 0 Å². The Morgan fingerprint density at radius 3 is 2.64 bits per heavy atom. The van der Waals surface area contributed by atoms with Gasteiger partial charge < -0.3 is 11.1 Å². The summed E-state index contributed by atoms with van der Waals surface area (Å²) in [7, 11) is 0. The van der Waals surface area contributed by atoms with E-state index < -0.39 is 5.91 Å². The molecule has 6 heteroatoms. The Kier molecular flexibility index (Phi) is 3.49. The number of nitrogens with zero attached hydrogens (tertiary/aromatic N) is 2. The summed E-state index contributed by atoms with van der Waals surface area (Å²) in [5.74, 6) is -0.889. The number of hydrogen-bond acceptors (Lipinski definition) is 4. The van der Waals surface area contributed by atoms with Crippen molar-refractivity contribution in [3.05, 3.63) is 66.1 Å². The quantitative estimate of drug-likeness (QED) is 0.771. The lowest BCUT2D eigenvalue weighted by molar-refractivity contribution is 0.0994. The van der Waals surface area contributed by atoms with Gasteiger partial charge in [0, 0.05) is 17.1 Å². The Morgan fingerprint density at radius 1 is 1.05 bits per heavy atom. The first kappa shape index (κ1) is 13.7. The van der Waals surface area contributed by atoms with Crippen molar-refractivity contribution < 1.29 is 9.59 Å². The van der Waals surface area contributed by atoms with E-state index in [2.05, 4.69) is 15.3 Å². The van der Waals surface area contributed by atoms with Crippen LogP contribution in [0.1, 0.15) is 20.8 Å². The largest absolute Gasteiger partial charge is 0.364 e. The lowest BCUT2D eigenvalue weighted by Crippen LogP contribution is -2.15. The number of aromatic nitrogens is 2. The first-order valence-electron chi connectivity index (χ1n) is 6.55. The van der Waals surface area contributed by atoms with Gasteiger partial charge in [0.05, 0.1) is 17.4 Å². The predicted octanol–water partition coefficient (Wildman–Crippen LogP) is 1.98. The van der Waals surface area contributed by atoms with Gasteiger partial charge in [0.25, 0.3) is 11.8 Å². The molecule has 0 aliphatic heterocycles. The smallest absolute Gasteiger partial charge is 0.267 e. The van der Waals surface area contributed by atoms with Crippen molar-refractivity contribution in [1.82, 2.24) is 9.97 Å². The number of nitrogens with one attached hydrogen (secondary N) is 1. The molecular formula is C16H12N4O2. The molecule has 0 atom stereocenters. The van der Waals surface area contributed by atoms with Gasteiger partial charge >= 0.3 is 0 Å². The predicted molar refractivity (Wildman–Crippen MR) is 82.5 cm³/mol. The van der Waals surface area contributed by atoms with E-state index in [-0.39, 0.29) is 11.6 Å². The summed E-state index contributed by atoms with van der Waals surface area (Å²) in [6.45, 7) is 0. The Bertz CT molecular complexity index is 859. The molecule has 1 aromatic carbocycles. The molecule has 3 rings (SSSR count). The number of pyridine rings is 2. The minimum atomic E-state index is -0.613. The standard InChI is InChI=1S/C16H12N4O2/c17-15(21)13-6-5-12(9-19-13)20-16(22)11-4-3-10-2-1-7-18-14(10)8-11/h1-9H,(H2,17,21)(H,20,22). The summed E-state index contributed by atoms with van der Waals surface area (Å²) in [5.41, 5.74) is 6.98. The van der Waals surface area contributed by atoms with Gasteiger partial charge in [-0.15, -0.1) is 0 Å². The first-order chi connectivity index (χ1) is 10.6. The summed E-state index contributed by atoms with van der Waals surface area (Å²) < 4.78 is 0. The number of fused-ring (bicyclic) bond motifs is 1. The van der Waals surface area contributed by atoms with Gasteiger partial charge in [-0.25, -0.2) is 4.98 Å². The van der Waals surface area contributed by atoms with Gasteiger partial charge in [0.2, 0.25) is 0 Å². The van der Waals surface area contributed by atoms with E-state index in [0.717, 1.165) is 10.9 Å². The zero-order valence-electron chi connectivity index (χ0n) is 11.5. The zero-order chi connectivity index (χ0) is 15.5. The zero-order valence-corrected chi connectivity index (χ0v) is 11.5. The maximum atomic E-state index is 12.2. The fourth-order valence-electron chi connectivity index (χ4n) is 2.02. The molecule has 22 heavy (non-hydrogen) atoms. The van der Waals surface area contributed by atoms with E-state index in [0.29, 0.717) is 11.3 Å². The average molecular weight is 292 g/mol. The van der Waals surface area contributed by atoms with Crippen molar-refractivity contribution in [2.45, 2.75) is 0 Å². The molecule has 3 N–H and O–H groups in total. The average Bonchev–Trinajstić information content (AvgIpc) is 2.55. The third kappa shape index (κ3) is 2.76. The van der Waals surface area contributed by atoms with Crippen molar-refractivity contribution in [2.75, 3.05) is 5.32 Å². The van der Waals surface area contributed by atoms with Crippen LogP contribution in [0.15, 0.2) is 54.9 Å². The van der Waals surface area contributed by atoms with E-state index in [1.165, 1.54) is 12.3 Å². The number of carbonyl (C=O) groups excluding carboxylic acids is 2. The number of hydrogen-bond donors (Lipinski definition) is 2. The van der Waals surface area contributed by atoms with Gasteiger partial charge in [-0.05, 0) is 30.3 Å². The van der Waals surface area contributed by atoms with Gasteiger partial charge in [0.1, 0.15) is 5.69 Å². The van der Waals surface area contributed by atoms with Crippen LogP contribution in [0.5, 0.6) is 0 Å². The van der Waals surface area contributed by atoms with Crippen LogP contribution < -0.4 is 11.1 Å². The normalized spacial score (nSPS) is 10.4. The maximum Gasteiger partial charge on any atom is 0.267 e. The summed E-state index contributed by atoms with van der Waals surface area (Å²) in [5, 5.41) is 3.67. The number of benzene rings is 1. The first-order valence-corrected chi connectivity index (χ1v) is 6.55. The SMILES string of the molecule is NC(=O)c1ccc(NC(=O)c2ccc3cccnc3c2)cn1. The van der Waals surface area contributed by atoms with Crippen LogP contribution >= 0.6 is 0 Å². The van der Waals surface area contributed by atoms with Crippen LogP contribution in [0.4, 0.5) is 5.69 Å². The number of rotatable bonds is 3. The van der Waals surface area contributed by atoms with E-state index in [4.69, 9.17) is 5.73 Å². The molecule has 2 aromatic heterocycles. The third-order valence-corrected chi connectivity index (χ3v) is 3.14. The second-order valence-electron chi connectivity index (χ2n) is 4.66. The minimum absolute atomic E-state index is 0.146. The fourth-order valence-corrected chi connectivity index (χ4v) is 2.02. The summed E-state index contributed by atoms with van der Waals surface area (Å²) in [4.78, 5) is 31.3. The Balaban J connectivity index is 1.81. The van der Waals surface area contributed by atoms with Crippen LogP contribution in [0, 0.1) is 0 Å². The van der Waals surface area contributed by atoms with E-state index in [9.17, 15) is 9.59 Å². The summed E-state index contributed by atoms with van der Waals surface area (Å²) in [6.07, 6.45) is 3.06. The van der Waals surface area contributed by atoms with Crippen LogP contribution in [0.3, 0.4) is 0 Å². The van der Waals surface area contributed by atoms with Crippen molar-refractivity contribution in [3.63, 3.8) is 0 Å². The summed E-state index contributed by atoms with van der Waals surface area (Å²) in [6, 6.07) is 12.1. The molecule has 0 aliphatic carbocycles. The molecule has 0 bridgehead atoms. The van der Waals surface area contributed by atoms with E-state index in [1.807, 2.05) is 18.2 Å². The molecule has 2 amide bonds. The molecular weight excluding hydrogens is 280 g/mol. The maximum absolute atomic E-state index is 12.2. The number of nitrogens with two attached hydrogens (primary N) is 1. The minimum Gasteiger partial charge on any atom is -0.364 e. The van der Waals surface area contributed by atoms with Gasteiger partial charge in [-0.1, -0.05) is 12.1 Å². The molecule has 0 spiro atoms. The van der Waals surface area contributed by atoms with Gasteiger partial charge in [-0.2, -0.15) is 0 Å². The number of amides is 2. The third-order valence-electron chi connectivity index (χ3n) is 3.14. The Labute approximate surface area is 126 Å². The Hall–Kier alpha value is -3.28. The van der Waals surface area contributed by atoms with Crippen LogP contribution in [-0.2, 0) is 0 Å². The van der Waals surface area contributed by atoms with Gasteiger partial charge in [0.15, 0.2) is 0 Å². The van der Waals surface area contributed by atoms with Crippen molar-refractivity contribution in [1.29, 1.82) is 0 Å². The lowest BCUT2D eigenvalue weighted by atomic mass is 10.1. The molecule has 0 fully saturated rings. The molecule has 6 nitrogen and oxygen atoms in total. The number of anilines is 1. The van der Waals surface area contributed by atoms with Crippen molar-refractivity contribution in [2.24, 2.45) is 5.73 Å². The number of primary amides is 1. The molecule has 0 aliphatic rings. The monoisotopic (exact) mass is 292 g/mol. The summed E-state index contributed by atoms with van der Waals surface area (Å²) >= 11 is 0. The topological polar surface area (TPSA) is 98.0 Å². The van der Waals surface area contributed by atoms with E-state index in [1.54, 1.807) is 24.4 Å². The van der Waals surface area contributed by atoms with Crippen LogP contribution in [-0.4, -0.2) is 21.8 Å². The van der Waals surface area contributed by atoms with Crippen molar-refractivity contribution in [3.8, 4) is 0 Å². The number of carbonyl (C=O) groups is 2. The molecule has 0 unspecified atom stereocenters. The second kappa shape index (κ2) is 5.61. The highest BCUT2D eigenvalue weighted by Crippen LogP contribution is 2.15. The highest BCUT2D eigenvalue weighted by molar-refractivity contribution is 6.06. The van der Waals surface area contributed by atoms with Crippen molar-refractivity contribution >= 4 is 28.4 Å². The molecule has 0 radical (unpaired) electrons. The highest BCUT2D eigenvalue weighted by atomic mass is 16.2.